The van der Waals surface area contributed by atoms with Crippen LogP contribution in [0.1, 0.15) is 30.7 Å². The fraction of sp³-hybridized carbons (Fsp3) is 0.250. The zero-order valence-electron chi connectivity index (χ0n) is 18.6. The first-order valence-electron chi connectivity index (χ1n) is 10.4. The maximum Gasteiger partial charge on any atom is 0.225 e. The molecule has 0 atom stereocenters. The van der Waals surface area contributed by atoms with Crippen molar-refractivity contribution < 1.29 is 4.79 Å². The number of carbonyl (C=O) groups is 1. The molecule has 0 fully saturated rings. The smallest absolute Gasteiger partial charge is 0.225 e. The highest BCUT2D eigenvalue weighted by Gasteiger charge is 2.18. The third-order valence-corrected chi connectivity index (χ3v) is 6.93. The monoisotopic (exact) mass is 463 g/mol. The van der Waals surface area contributed by atoms with Crippen molar-refractivity contribution in [2.45, 2.75) is 38.6 Å². The van der Waals surface area contributed by atoms with Gasteiger partial charge in [-0.3, -0.25) is 14.3 Å². The van der Waals surface area contributed by atoms with Gasteiger partial charge in [0.05, 0.1) is 5.69 Å². The average molecular weight is 464 g/mol. The predicted molar refractivity (Wildman–Crippen MR) is 132 cm³/mol. The van der Waals surface area contributed by atoms with Crippen molar-refractivity contribution in [2.24, 2.45) is 0 Å². The first-order valence-corrected chi connectivity index (χ1v) is 12.3. The number of hydrogen-bond donors (Lipinski definition) is 0. The van der Waals surface area contributed by atoms with Gasteiger partial charge in [-0.25, -0.2) is 4.98 Å². The normalized spacial score (nSPS) is 11.0. The minimum absolute atomic E-state index is 0.00269. The molecule has 2 heterocycles. The number of hydrogen-bond acceptors (Lipinski definition) is 6. The molecule has 0 bridgehead atoms. The van der Waals surface area contributed by atoms with E-state index >= 15 is 0 Å². The molecule has 0 N–H and O–H groups in total. The summed E-state index contributed by atoms with van der Waals surface area (Å²) in [7, 11) is 0. The summed E-state index contributed by atoms with van der Waals surface area (Å²) in [6.07, 6.45) is 0. The van der Waals surface area contributed by atoms with Gasteiger partial charge >= 0.3 is 0 Å². The van der Waals surface area contributed by atoms with Crippen molar-refractivity contribution in [1.82, 2.24) is 19.7 Å². The van der Waals surface area contributed by atoms with Crippen LogP contribution in [0.3, 0.4) is 0 Å². The number of thioether (sulfide) groups is 1. The van der Waals surface area contributed by atoms with E-state index in [1.54, 1.807) is 23.6 Å². The van der Waals surface area contributed by atoms with Gasteiger partial charge in [0.15, 0.2) is 16.1 Å². The Hall–Kier alpha value is -2.97. The van der Waals surface area contributed by atoms with Crippen LogP contribution in [0.2, 0.25) is 0 Å². The molecule has 4 rings (SSSR count). The van der Waals surface area contributed by atoms with Crippen LogP contribution in [0.5, 0.6) is 0 Å². The molecule has 0 aliphatic rings. The Morgan fingerprint density at radius 3 is 2.31 bits per heavy atom. The first kappa shape index (κ1) is 22.2. The van der Waals surface area contributed by atoms with Crippen molar-refractivity contribution in [2.75, 3.05) is 11.4 Å². The van der Waals surface area contributed by atoms with E-state index in [4.69, 9.17) is 0 Å². The predicted octanol–water partition coefficient (Wildman–Crippen LogP) is 5.67. The lowest BCUT2D eigenvalue weighted by Gasteiger charge is -2.14. The number of thiazole rings is 1. The average Bonchev–Trinajstić information content (AvgIpc) is 3.41. The third kappa shape index (κ3) is 4.76. The molecule has 0 aliphatic heterocycles. The van der Waals surface area contributed by atoms with E-state index in [2.05, 4.69) is 82.1 Å². The number of aryl methyl sites for hydroxylation is 2. The van der Waals surface area contributed by atoms with Crippen LogP contribution in [0.15, 0.2) is 59.1 Å². The summed E-state index contributed by atoms with van der Waals surface area (Å²) >= 11 is 3.08. The van der Waals surface area contributed by atoms with Gasteiger partial charge in [-0.1, -0.05) is 59.3 Å². The van der Waals surface area contributed by atoms with Crippen LogP contribution in [0.4, 0.5) is 5.13 Å². The van der Waals surface area contributed by atoms with Crippen LogP contribution < -0.4 is 4.90 Å². The fourth-order valence-electron chi connectivity index (χ4n) is 3.30. The van der Waals surface area contributed by atoms with Crippen molar-refractivity contribution >= 4 is 34.1 Å². The van der Waals surface area contributed by atoms with Gasteiger partial charge in [0.25, 0.3) is 0 Å². The molecule has 0 saturated heterocycles. The largest absolute Gasteiger partial charge is 0.289 e. The van der Waals surface area contributed by atoms with Crippen molar-refractivity contribution in [3.05, 3.63) is 70.7 Å². The number of rotatable bonds is 7. The first-order chi connectivity index (χ1) is 15.5. The van der Waals surface area contributed by atoms with Gasteiger partial charge in [-0.05, 0) is 32.9 Å². The highest BCUT2D eigenvalue weighted by atomic mass is 32.2. The Kier molecular flexibility index (Phi) is 6.72. The van der Waals surface area contributed by atoms with Gasteiger partial charge in [0.1, 0.15) is 0 Å². The van der Waals surface area contributed by atoms with E-state index in [1.165, 1.54) is 22.5 Å². The number of carbonyl (C=O) groups excluding carboxylic acids is 1. The second-order valence-electron chi connectivity index (χ2n) is 7.52. The van der Waals surface area contributed by atoms with Crippen LogP contribution in [0.25, 0.3) is 17.1 Å². The molecule has 8 heteroatoms. The lowest BCUT2D eigenvalue weighted by Crippen LogP contribution is -2.27. The second kappa shape index (κ2) is 9.67. The zero-order chi connectivity index (χ0) is 22.7. The SMILES string of the molecule is CCN(C(C)=O)c1nc(CSc2nnc(-c3ccc(C)cc3)n2-c2ccc(C)cc2)cs1. The molecule has 0 unspecified atom stereocenters. The maximum atomic E-state index is 11.8. The summed E-state index contributed by atoms with van der Waals surface area (Å²) in [6, 6.07) is 16.7. The molecule has 0 spiro atoms. The minimum atomic E-state index is 0.00269. The van der Waals surface area contributed by atoms with Crippen molar-refractivity contribution in [3.63, 3.8) is 0 Å². The second-order valence-corrected chi connectivity index (χ2v) is 9.30. The quantitative estimate of drug-likeness (QED) is 0.330. The number of anilines is 1. The van der Waals surface area contributed by atoms with Crippen molar-refractivity contribution in [1.29, 1.82) is 0 Å². The maximum absolute atomic E-state index is 11.8. The molecular weight excluding hydrogens is 438 g/mol. The summed E-state index contributed by atoms with van der Waals surface area (Å²) < 4.78 is 2.09. The highest BCUT2D eigenvalue weighted by Crippen LogP contribution is 2.31. The van der Waals surface area contributed by atoms with Gasteiger partial charge in [0, 0.05) is 35.9 Å². The Labute approximate surface area is 196 Å². The third-order valence-electron chi connectivity index (χ3n) is 5.05. The standard InChI is InChI=1S/C24H25N5OS2/c1-5-28(18(4)30)23-25-20(14-31-23)15-32-24-27-26-22(19-10-6-16(2)7-11-19)29(24)21-12-8-17(3)9-13-21/h6-14H,5,15H2,1-4H3. The highest BCUT2D eigenvalue weighted by molar-refractivity contribution is 7.98. The zero-order valence-corrected chi connectivity index (χ0v) is 20.2. The van der Waals surface area contributed by atoms with E-state index < -0.39 is 0 Å². The Morgan fingerprint density at radius 1 is 1.03 bits per heavy atom. The lowest BCUT2D eigenvalue weighted by atomic mass is 10.1. The van der Waals surface area contributed by atoms with Crippen LogP contribution in [-0.4, -0.2) is 32.2 Å². The molecule has 2 aromatic heterocycles. The van der Waals surface area contributed by atoms with E-state index in [9.17, 15) is 4.79 Å². The molecule has 4 aromatic rings. The molecule has 0 saturated carbocycles. The Morgan fingerprint density at radius 2 is 1.69 bits per heavy atom. The van der Waals surface area contributed by atoms with Crippen molar-refractivity contribution in [3.8, 4) is 17.1 Å². The summed E-state index contributed by atoms with van der Waals surface area (Å²) in [6.45, 7) is 8.28. The summed E-state index contributed by atoms with van der Waals surface area (Å²) in [5.41, 5.74) is 5.37. The lowest BCUT2D eigenvalue weighted by molar-refractivity contribution is -0.116. The van der Waals surface area contributed by atoms with Crippen LogP contribution in [0, 0.1) is 13.8 Å². The number of aromatic nitrogens is 4. The van der Waals surface area contributed by atoms with E-state index in [0.717, 1.165) is 33.1 Å². The molecule has 32 heavy (non-hydrogen) atoms. The number of benzene rings is 2. The molecular formula is C24H25N5OS2. The van der Waals surface area contributed by atoms with E-state index in [0.29, 0.717) is 12.3 Å². The summed E-state index contributed by atoms with van der Waals surface area (Å²) in [5.74, 6) is 1.45. The minimum Gasteiger partial charge on any atom is -0.289 e. The van der Waals surface area contributed by atoms with Crippen LogP contribution >= 0.6 is 23.1 Å². The molecule has 1 amide bonds. The van der Waals surface area contributed by atoms with Crippen LogP contribution in [-0.2, 0) is 10.5 Å². The molecule has 0 radical (unpaired) electrons. The van der Waals surface area contributed by atoms with Gasteiger partial charge < -0.3 is 0 Å². The van der Waals surface area contributed by atoms with Gasteiger partial charge in [-0.15, -0.1) is 21.5 Å². The summed E-state index contributed by atoms with van der Waals surface area (Å²) in [5, 5.41) is 12.6. The molecule has 164 valence electrons. The van der Waals surface area contributed by atoms with Gasteiger partial charge in [-0.2, -0.15) is 0 Å². The molecule has 2 aromatic carbocycles. The Balaban J connectivity index is 1.64. The van der Waals surface area contributed by atoms with E-state index in [-0.39, 0.29) is 5.91 Å². The molecule has 0 aliphatic carbocycles. The fourth-order valence-corrected chi connectivity index (χ4v) is 5.18. The van der Waals surface area contributed by atoms with E-state index in [1.807, 2.05) is 12.3 Å². The topological polar surface area (TPSA) is 63.9 Å². The Bertz CT molecular complexity index is 1210. The van der Waals surface area contributed by atoms with Gasteiger partial charge in [0.2, 0.25) is 5.91 Å². The molecule has 6 nitrogen and oxygen atoms in total. The number of nitrogens with zero attached hydrogens (tertiary/aromatic N) is 5. The summed E-state index contributed by atoms with van der Waals surface area (Å²) in [4.78, 5) is 18.1. The number of amides is 1.